The van der Waals surface area contributed by atoms with Crippen molar-refractivity contribution in [3.63, 3.8) is 0 Å². The van der Waals surface area contributed by atoms with Crippen LogP contribution in [0, 0.1) is 35.5 Å². The van der Waals surface area contributed by atoms with E-state index in [9.17, 15) is 9.59 Å². The van der Waals surface area contributed by atoms with Crippen LogP contribution < -0.4 is 9.47 Å². The molecule has 2 amide bonds. The first-order chi connectivity index (χ1) is 14.3. The van der Waals surface area contributed by atoms with Crippen molar-refractivity contribution in [3.8, 4) is 11.5 Å². The molecule has 1 aromatic rings. The van der Waals surface area contributed by atoms with Gasteiger partial charge in [0.05, 0.1) is 30.3 Å². The van der Waals surface area contributed by atoms with Crippen LogP contribution in [0.15, 0.2) is 35.5 Å². The zero-order chi connectivity index (χ0) is 21.2. The highest BCUT2D eigenvalue weighted by molar-refractivity contribution is 6.06. The van der Waals surface area contributed by atoms with Gasteiger partial charge in [-0.25, -0.2) is 0 Å². The first kappa shape index (κ1) is 19.3. The molecule has 0 radical (unpaired) electrons. The number of benzene rings is 1. The van der Waals surface area contributed by atoms with Gasteiger partial charge < -0.3 is 9.47 Å². The molecule has 6 unspecified atom stereocenters. The summed E-state index contributed by atoms with van der Waals surface area (Å²) in [6.45, 7) is 7.83. The number of amides is 2. The van der Waals surface area contributed by atoms with E-state index >= 15 is 0 Å². The van der Waals surface area contributed by atoms with Gasteiger partial charge >= 0.3 is 0 Å². The van der Waals surface area contributed by atoms with Crippen molar-refractivity contribution < 1.29 is 19.1 Å². The standard InChI is InChI=1S/C24H28N2O4/c1-12(2)29-15-6-5-14(20(9-15)30-13(3)4)11-25-26-23(27)21-16-7-8-17(19-10-18(16)19)22(21)24(26)28/h5-9,11-13,16-19,21-22H,10H2,1-4H3/b25-11+. The van der Waals surface area contributed by atoms with Gasteiger partial charge in [0.15, 0.2) is 0 Å². The topological polar surface area (TPSA) is 68.2 Å². The summed E-state index contributed by atoms with van der Waals surface area (Å²) in [5.41, 5.74) is 0.708. The quantitative estimate of drug-likeness (QED) is 0.409. The van der Waals surface area contributed by atoms with Crippen LogP contribution in [0.1, 0.15) is 39.7 Å². The van der Waals surface area contributed by atoms with Gasteiger partial charge in [0.2, 0.25) is 0 Å². The van der Waals surface area contributed by atoms with Crippen LogP contribution in [-0.2, 0) is 9.59 Å². The Morgan fingerprint density at radius 2 is 1.57 bits per heavy atom. The smallest absolute Gasteiger partial charge is 0.254 e. The number of carbonyl (C=O) groups is 2. The molecule has 6 rings (SSSR count). The number of ether oxygens (including phenoxy) is 2. The van der Waals surface area contributed by atoms with Crippen molar-refractivity contribution in [1.82, 2.24) is 5.01 Å². The Morgan fingerprint density at radius 1 is 0.967 bits per heavy atom. The van der Waals surface area contributed by atoms with E-state index < -0.39 is 0 Å². The second kappa shape index (κ2) is 6.96. The monoisotopic (exact) mass is 408 g/mol. The molecule has 158 valence electrons. The van der Waals surface area contributed by atoms with Crippen molar-refractivity contribution in [1.29, 1.82) is 0 Å². The molecule has 0 N–H and O–H groups in total. The minimum atomic E-state index is -0.235. The zero-order valence-corrected chi connectivity index (χ0v) is 17.8. The molecule has 4 aliphatic carbocycles. The summed E-state index contributed by atoms with van der Waals surface area (Å²) in [6.07, 6.45) is 7.06. The molecule has 30 heavy (non-hydrogen) atoms. The number of allylic oxidation sites excluding steroid dienone is 2. The van der Waals surface area contributed by atoms with E-state index in [-0.39, 0.29) is 47.7 Å². The molecule has 1 aliphatic heterocycles. The number of hydrogen-bond acceptors (Lipinski definition) is 5. The third-order valence-corrected chi connectivity index (χ3v) is 6.67. The maximum Gasteiger partial charge on any atom is 0.254 e. The first-order valence-electron chi connectivity index (χ1n) is 10.9. The van der Waals surface area contributed by atoms with Gasteiger partial charge in [0.1, 0.15) is 11.5 Å². The van der Waals surface area contributed by atoms with Crippen LogP contribution in [-0.4, -0.2) is 35.2 Å². The molecule has 1 saturated heterocycles. The predicted molar refractivity (Wildman–Crippen MR) is 112 cm³/mol. The summed E-state index contributed by atoms with van der Waals surface area (Å²) in [7, 11) is 0. The second-order valence-electron chi connectivity index (χ2n) is 9.42. The number of imide groups is 1. The van der Waals surface area contributed by atoms with E-state index in [4.69, 9.17) is 9.47 Å². The lowest BCUT2D eigenvalue weighted by atomic mass is 9.63. The maximum atomic E-state index is 13.1. The third kappa shape index (κ3) is 3.04. The van der Waals surface area contributed by atoms with Crippen molar-refractivity contribution in [3.05, 3.63) is 35.9 Å². The van der Waals surface area contributed by atoms with Crippen LogP contribution in [0.2, 0.25) is 0 Å². The van der Waals surface area contributed by atoms with Crippen LogP contribution in [0.5, 0.6) is 11.5 Å². The largest absolute Gasteiger partial charge is 0.491 e. The Hall–Kier alpha value is -2.63. The van der Waals surface area contributed by atoms with Crippen LogP contribution in [0.4, 0.5) is 0 Å². The Balaban J connectivity index is 1.40. The van der Waals surface area contributed by atoms with Gasteiger partial charge in [0.25, 0.3) is 11.8 Å². The fraction of sp³-hybridized carbons (Fsp3) is 0.542. The van der Waals surface area contributed by atoms with Gasteiger partial charge in [-0.05, 0) is 69.9 Å². The van der Waals surface area contributed by atoms with Crippen molar-refractivity contribution in [2.24, 2.45) is 40.6 Å². The summed E-state index contributed by atoms with van der Waals surface area (Å²) in [4.78, 5) is 26.1. The molecule has 6 heteroatoms. The van der Waals surface area contributed by atoms with Gasteiger partial charge in [-0.2, -0.15) is 10.1 Å². The maximum absolute atomic E-state index is 13.1. The molecule has 6 nitrogen and oxygen atoms in total. The van der Waals surface area contributed by atoms with E-state index in [2.05, 4.69) is 17.3 Å². The van der Waals surface area contributed by atoms with Crippen LogP contribution in [0.3, 0.4) is 0 Å². The molecule has 2 saturated carbocycles. The lowest BCUT2D eigenvalue weighted by molar-refractivity contribution is -0.140. The van der Waals surface area contributed by atoms with E-state index in [1.54, 1.807) is 6.21 Å². The minimum Gasteiger partial charge on any atom is -0.491 e. The van der Waals surface area contributed by atoms with Crippen molar-refractivity contribution in [2.45, 2.75) is 46.3 Å². The van der Waals surface area contributed by atoms with Gasteiger partial charge in [-0.3, -0.25) is 9.59 Å². The summed E-state index contributed by atoms with van der Waals surface area (Å²) < 4.78 is 11.7. The highest BCUT2D eigenvalue weighted by Crippen LogP contribution is 2.65. The second-order valence-corrected chi connectivity index (χ2v) is 9.42. The Bertz CT molecular complexity index is 915. The molecule has 1 aromatic carbocycles. The average molecular weight is 408 g/mol. The minimum absolute atomic E-state index is 0.0298. The first-order valence-corrected chi connectivity index (χ1v) is 10.9. The summed E-state index contributed by atoms with van der Waals surface area (Å²) in [5, 5.41) is 5.44. The van der Waals surface area contributed by atoms with Crippen LogP contribution >= 0.6 is 0 Å². The number of carbonyl (C=O) groups excluding carboxylic acids is 2. The molecule has 1 heterocycles. The predicted octanol–water partition coefficient (Wildman–Crippen LogP) is 3.65. The number of hydrazone groups is 1. The Morgan fingerprint density at radius 3 is 2.13 bits per heavy atom. The SMILES string of the molecule is CC(C)Oc1ccc(/C=N/N2C(=O)C3C4C=CC(C5CC45)C3C2=O)c(OC(C)C)c1. The molecule has 6 atom stereocenters. The summed E-state index contributed by atoms with van der Waals surface area (Å²) in [6, 6.07) is 5.52. The molecule has 5 aliphatic rings. The average Bonchev–Trinajstić information content (AvgIpc) is 3.46. The highest BCUT2D eigenvalue weighted by Gasteiger charge is 2.67. The Labute approximate surface area is 176 Å². The van der Waals surface area contributed by atoms with E-state index in [0.717, 1.165) is 11.4 Å². The molecule has 0 aromatic heterocycles. The fourth-order valence-electron chi connectivity index (χ4n) is 5.50. The molecular weight excluding hydrogens is 380 g/mol. The highest BCUT2D eigenvalue weighted by atomic mass is 16.5. The molecule has 2 bridgehead atoms. The normalized spacial score (nSPS) is 33.6. The summed E-state index contributed by atoms with van der Waals surface area (Å²) >= 11 is 0. The summed E-state index contributed by atoms with van der Waals surface area (Å²) in [5.74, 6) is 2.12. The van der Waals surface area contributed by atoms with Gasteiger partial charge in [-0.15, -0.1) is 0 Å². The van der Waals surface area contributed by atoms with Gasteiger partial charge in [0, 0.05) is 11.6 Å². The third-order valence-electron chi connectivity index (χ3n) is 6.67. The van der Waals surface area contributed by atoms with Crippen molar-refractivity contribution in [2.75, 3.05) is 0 Å². The van der Waals surface area contributed by atoms with Gasteiger partial charge in [-0.1, -0.05) is 12.2 Å². The van der Waals surface area contributed by atoms with E-state index in [1.807, 2.05) is 45.9 Å². The number of nitrogens with zero attached hydrogens (tertiary/aromatic N) is 2. The zero-order valence-electron chi connectivity index (χ0n) is 17.8. The van der Waals surface area contributed by atoms with Crippen molar-refractivity contribution >= 4 is 18.0 Å². The van der Waals surface area contributed by atoms with Crippen LogP contribution in [0.25, 0.3) is 0 Å². The van der Waals surface area contributed by atoms with E-state index in [1.165, 1.54) is 0 Å². The lowest BCUT2D eigenvalue weighted by Gasteiger charge is -2.37. The lowest BCUT2D eigenvalue weighted by Crippen LogP contribution is -2.40. The molecule has 0 spiro atoms. The van der Waals surface area contributed by atoms with E-state index in [0.29, 0.717) is 28.9 Å². The Kier molecular flexibility index (Phi) is 4.49. The number of rotatable bonds is 6. The molecule has 3 fully saturated rings. The number of hydrogen-bond donors (Lipinski definition) is 0. The molecular formula is C24H28N2O4. The fourth-order valence-corrected chi connectivity index (χ4v) is 5.50.